The summed E-state index contributed by atoms with van der Waals surface area (Å²) in [5.74, 6) is 4.39. The third kappa shape index (κ3) is 1.76. The van der Waals surface area contributed by atoms with E-state index >= 15 is 0 Å². The van der Waals surface area contributed by atoms with Crippen molar-refractivity contribution in [3.05, 3.63) is 0 Å². The molecule has 0 radical (unpaired) electrons. The molecule has 0 heterocycles. The molecule has 1 heteroatoms. The van der Waals surface area contributed by atoms with Gasteiger partial charge in [0.1, 0.15) is 7.28 Å². The van der Waals surface area contributed by atoms with Crippen LogP contribution in [0.5, 0.6) is 0 Å². The molecule has 15 heavy (non-hydrogen) atoms. The van der Waals surface area contributed by atoms with Crippen molar-refractivity contribution in [1.29, 1.82) is 0 Å². The highest BCUT2D eigenvalue weighted by Gasteiger charge is 2.50. The van der Waals surface area contributed by atoms with Gasteiger partial charge in [-0.1, -0.05) is 50.7 Å². The topological polar surface area (TPSA) is 0 Å². The summed E-state index contributed by atoms with van der Waals surface area (Å²) in [6.07, 6.45) is 11.0. The Morgan fingerprint density at radius 3 is 1.93 bits per heavy atom. The van der Waals surface area contributed by atoms with Crippen LogP contribution in [0.2, 0.25) is 11.1 Å². The maximum Gasteiger partial charge on any atom is 0.131 e. The molecule has 0 amide bonds. The lowest BCUT2D eigenvalue weighted by Crippen LogP contribution is -2.45. The van der Waals surface area contributed by atoms with Gasteiger partial charge in [-0.05, 0) is 37.0 Å². The highest BCUT2D eigenvalue weighted by atomic mass is 14.5. The van der Waals surface area contributed by atoms with Crippen LogP contribution in [0, 0.1) is 17.8 Å². The molecule has 0 aliphatic heterocycles. The third-order valence-corrected chi connectivity index (χ3v) is 5.64. The summed E-state index contributed by atoms with van der Waals surface area (Å²) in [5.41, 5.74) is 0. The van der Waals surface area contributed by atoms with E-state index in [1.54, 1.807) is 45.8 Å². The average molecular weight is 204 g/mol. The zero-order valence-electron chi connectivity index (χ0n) is 10.5. The van der Waals surface area contributed by atoms with E-state index in [2.05, 4.69) is 13.8 Å². The van der Waals surface area contributed by atoms with Crippen molar-refractivity contribution in [2.75, 3.05) is 0 Å². The Kier molecular flexibility index (Phi) is 2.41. The van der Waals surface area contributed by atoms with Gasteiger partial charge in [0.05, 0.1) is 0 Å². The Morgan fingerprint density at radius 2 is 1.53 bits per heavy atom. The van der Waals surface area contributed by atoms with Gasteiger partial charge in [0.15, 0.2) is 0 Å². The summed E-state index contributed by atoms with van der Waals surface area (Å²) in [6, 6.07) is 0. The first kappa shape index (κ1) is 10.2. The van der Waals surface area contributed by atoms with E-state index in [0.717, 1.165) is 28.9 Å². The summed E-state index contributed by atoms with van der Waals surface area (Å²) in [6.45, 7) is 4.84. The average Bonchev–Trinajstić information content (AvgIpc) is 2.14. The van der Waals surface area contributed by atoms with Gasteiger partial charge in [0.2, 0.25) is 0 Å². The van der Waals surface area contributed by atoms with Gasteiger partial charge in [0, 0.05) is 0 Å². The van der Waals surface area contributed by atoms with E-state index in [1.807, 2.05) is 0 Å². The zero-order chi connectivity index (χ0) is 10.5. The first-order valence-electron chi connectivity index (χ1n) is 7.19. The van der Waals surface area contributed by atoms with Crippen LogP contribution in [0.15, 0.2) is 0 Å². The molecule has 1 atom stereocenters. The molecule has 0 spiro atoms. The van der Waals surface area contributed by atoms with Crippen LogP contribution in [0.25, 0.3) is 0 Å². The van der Waals surface area contributed by atoms with Crippen LogP contribution < -0.4 is 0 Å². The molecule has 0 saturated heterocycles. The largest absolute Gasteiger partial charge is 0.131 e. The molecule has 0 aromatic carbocycles. The fraction of sp³-hybridized carbons (Fsp3) is 1.00. The van der Waals surface area contributed by atoms with Gasteiger partial charge in [-0.2, -0.15) is 0 Å². The summed E-state index contributed by atoms with van der Waals surface area (Å²) in [7, 11) is 1.55. The third-order valence-electron chi connectivity index (χ3n) is 5.64. The monoisotopic (exact) mass is 204 g/mol. The van der Waals surface area contributed by atoms with Gasteiger partial charge in [-0.15, -0.1) is 0 Å². The molecule has 0 aromatic rings. The molecular formula is C14H25B. The van der Waals surface area contributed by atoms with Crippen molar-refractivity contribution >= 4 is 7.28 Å². The van der Waals surface area contributed by atoms with Gasteiger partial charge in [-0.25, -0.2) is 0 Å². The quantitative estimate of drug-likeness (QED) is 0.609. The summed E-state index contributed by atoms with van der Waals surface area (Å²) in [5, 5.41) is 0.824. The van der Waals surface area contributed by atoms with E-state index in [-0.39, 0.29) is 0 Å². The van der Waals surface area contributed by atoms with Crippen molar-refractivity contribution < 1.29 is 0 Å². The minimum Gasteiger partial charge on any atom is -0.0694 e. The van der Waals surface area contributed by atoms with E-state index in [9.17, 15) is 0 Å². The predicted molar refractivity (Wildman–Crippen MR) is 67.7 cm³/mol. The van der Waals surface area contributed by atoms with Crippen LogP contribution in [0.4, 0.5) is 0 Å². The molecular weight excluding hydrogens is 179 g/mol. The summed E-state index contributed by atoms with van der Waals surface area (Å²) >= 11 is 0. The molecule has 0 N–H and O–H groups in total. The molecule has 4 aliphatic rings. The maximum atomic E-state index is 2.47. The molecule has 4 fully saturated rings. The summed E-state index contributed by atoms with van der Waals surface area (Å²) in [4.78, 5) is 0. The predicted octanol–water partition coefficient (Wildman–Crippen LogP) is 4.03. The second kappa shape index (κ2) is 3.53. The lowest BCUT2D eigenvalue weighted by Gasteiger charge is -2.57. The summed E-state index contributed by atoms with van der Waals surface area (Å²) < 4.78 is 0. The SMILES string of the molecule is CCC(C)BC12CC3CC(CC(C3)C1)C2. The molecule has 1 unspecified atom stereocenters. The van der Waals surface area contributed by atoms with Crippen LogP contribution in [0.3, 0.4) is 0 Å². The maximum absolute atomic E-state index is 2.47. The smallest absolute Gasteiger partial charge is 0.0694 e. The number of hydrogen-bond donors (Lipinski definition) is 0. The minimum absolute atomic E-state index is 0.824. The Labute approximate surface area is 95.5 Å². The van der Waals surface area contributed by atoms with Gasteiger partial charge >= 0.3 is 0 Å². The molecule has 0 aromatic heterocycles. The second-order valence-corrected chi connectivity index (χ2v) is 7.14. The Morgan fingerprint density at radius 1 is 1.07 bits per heavy atom. The molecule has 4 bridgehead atoms. The normalized spacial score (nSPS) is 49.3. The van der Waals surface area contributed by atoms with Crippen molar-refractivity contribution in [2.24, 2.45) is 17.8 Å². The first-order valence-corrected chi connectivity index (χ1v) is 7.19. The second-order valence-electron chi connectivity index (χ2n) is 7.14. The van der Waals surface area contributed by atoms with Gasteiger partial charge in [-0.3, -0.25) is 0 Å². The first-order chi connectivity index (χ1) is 7.19. The lowest BCUT2D eigenvalue weighted by molar-refractivity contribution is 0.0280. The van der Waals surface area contributed by atoms with Crippen molar-refractivity contribution in [1.82, 2.24) is 0 Å². The fourth-order valence-corrected chi connectivity index (χ4v) is 5.42. The van der Waals surface area contributed by atoms with E-state index in [0.29, 0.717) is 0 Å². The van der Waals surface area contributed by atoms with Crippen LogP contribution in [-0.4, -0.2) is 7.28 Å². The van der Waals surface area contributed by atoms with Crippen LogP contribution >= 0.6 is 0 Å². The van der Waals surface area contributed by atoms with Gasteiger partial charge < -0.3 is 0 Å². The number of hydrogen-bond acceptors (Lipinski definition) is 0. The minimum atomic E-state index is 0.824. The molecule has 84 valence electrons. The van der Waals surface area contributed by atoms with E-state index in [4.69, 9.17) is 0 Å². The van der Waals surface area contributed by atoms with Crippen LogP contribution in [-0.2, 0) is 0 Å². The molecule has 0 nitrogen and oxygen atoms in total. The zero-order valence-corrected chi connectivity index (χ0v) is 10.5. The molecule has 4 saturated carbocycles. The van der Waals surface area contributed by atoms with Crippen molar-refractivity contribution in [3.63, 3.8) is 0 Å². The molecule has 4 rings (SSSR count). The fourth-order valence-electron chi connectivity index (χ4n) is 5.42. The Balaban J connectivity index is 1.75. The van der Waals surface area contributed by atoms with Crippen LogP contribution in [0.1, 0.15) is 58.8 Å². The van der Waals surface area contributed by atoms with E-state index < -0.39 is 0 Å². The van der Waals surface area contributed by atoms with E-state index in [1.165, 1.54) is 6.42 Å². The standard InChI is InChI=1S/C14H25B/c1-3-10(2)15-14-7-11-4-12(8-14)6-13(5-11)9-14/h10-13,15H,3-9H2,1-2H3. The lowest BCUT2D eigenvalue weighted by atomic mass is 9.33. The van der Waals surface area contributed by atoms with Crippen molar-refractivity contribution in [2.45, 2.75) is 69.9 Å². The van der Waals surface area contributed by atoms with Crippen molar-refractivity contribution in [3.8, 4) is 0 Å². The highest BCUT2D eigenvalue weighted by Crippen LogP contribution is 2.64. The Bertz CT molecular complexity index is 210. The highest BCUT2D eigenvalue weighted by molar-refractivity contribution is 6.42. The van der Waals surface area contributed by atoms with Gasteiger partial charge in [0.25, 0.3) is 0 Å². The Hall–Kier alpha value is 0.0649. The number of rotatable bonds is 3. The molecule has 4 aliphatic carbocycles.